The molecule has 0 bridgehead atoms. The van der Waals surface area contributed by atoms with Crippen LogP contribution in [0.1, 0.15) is 15.9 Å². The van der Waals surface area contributed by atoms with Crippen molar-refractivity contribution in [3.63, 3.8) is 0 Å². The molecular formula is C16H17FN2O3S. The molecule has 0 atom stereocenters. The molecule has 0 heterocycles. The summed E-state index contributed by atoms with van der Waals surface area (Å²) in [6.07, 6.45) is 0. The summed E-state index contributed by atoms with van der Waals surface area (Å²) in [5.74, 6) is -0.745. The quantitative estimate of drug-likeness (QED) is 0.933. The van der Waals surface area contributed by atoms with Crippen LogP contribution >= 0.6 is 0 Å². The van der Waals surface area contributed by atoms with E-state index in [1.54, 1.807) is 33.2 Å². The van der Waals surface area contributed by atoms with Gasteiger partial charge < -0.3 is 4.90 Å². The number of anilines is 1. The number of nitrogens with one attached hydrogen (secondary N) is 1. The molecule has 122 valence electrons. The second kappa shape index (κ2) is 6.37. The molecule has 0 spiro atoms. The van der Waals surface area contributed by atoms with Crippen molar-refractivity contribution in [2.45, 2.75) is 11.8 Å². The smallest absolute Gasteiger partial charge is 0.261 e. The molecule has 0 fully saturated rings. The van der Waals surface area contributed by atoms with E-state index in [1.807, 2.05) is 0 Å². The van der Waals surface area contributed by atoms with Gasteiger partial charge in [0.25, 0.3) is 15.9 Å². The third kappa shape index (κ3) is 3.87. The Morgan fingerprint density at radius 2 is 1.70 bits per heavy atom. The second-order valence-corrected chi connectivity index (χ2v) is 6.97. The minimum Gasteiger partial charge on any atom is -0.345 e. The molecular weight excluding hydrogens is 319 g/mol. The van der Waals surface area contributed by atoms with Crippen LogP contribution in [0.5, 0.6) is 0 Å². The molecule has 0 saturated carbocycles. The minimum atomic E-state index is -3.86. The highest BCUT2D eigenvalue weighted by atomic mass is 32.2. The summed E-state index contributed by atoms with van der Waals surface area (Å²) in [4.78, 5) is 13.3. The van der Waals surface area contributed by atoms with Crippen molar-refractivity contribution >= 4 is 21.6 Å². The van der Waals surface area contributed by atoms with Gasteiger partial charge in [-0.2, -0.15) is 0 Å². The highest BCUT2D eigenvalue weighted by Gasteiger charge is 2.17. The van der Waals surface area contributed by atoms with Gasteiger partial charge in [-0.05, 0) is 48.9 Å². The summed E-state index contributed by atoms with van der Waals surface area (Å²) < 4.78 is 40.1. The molecule has 2 aromatic rings. The molecule has 7 heteroatoms. The van der Waals surface area contributed by atoms with Crippen molar-refractivity contribution in [1.82, 2.24) is 4.90 Å². The number of benzene rings is 2. The van der Waals surface area contributed by atoms with Crippen molar-refractivity contribution in [2.24, 2.45) is 0 Å². The first-order valence-electron chi connectivity index (χ1n) is 6.81. The normalized spacial score (nSPS) is 11.1. The second-order valence-electron chi connectivity index (χ2n) is 5.29. The Balaban J connectivity index is 2.37. The van der Waals surface area contributed by atoms with Gasteiger partial charge in [0, 0.05) is 19.7 Å². The molecule has 1 amide bonds. The zero-order chi connectivity index (χ0) is 17.2. The molecule has 1 N–H and O–H groups in total. The van der Waals surface area contributed by atoms with Gasteiger partial charge in [-0.3, -0.25) is 9.52 Å². The van der Waals surface area contributed by atoms with Gasteiger partial charge in [-0.15, -0.1) is 0 Å². The van der Waals surface area contributed by atoms with E-state index in [9.17, 15) is 17.6 Å². The monoisotopic (exact) mass is 336 g/mol. The van der Waals surface area contributed by atoms with Crippen molar-refractivity contribution in [1.29, 1.82) is 0 Å². The average Bonchev–Trinajstić information content (AvgIpc) is 2.49. The van der Waals surface area contributed by atoms with Crippen molar-refractivity contribution in [2.75, 3.05) is 18.8 Å². The number of amides is 1. The number of aryl methyl sites for hydroxylation is 1. The maximum absolute atomic E-state index is 12.9. The highest BCUT2D eigenvalue weighted by Crippen LogP contribution is 2.22. The third-order valence-electron chi connectivity index (χ3n) is 3.26. The minimum absolute atomic E-state index is 0.0531. The van der Waals surface area contributed by atoms with Gasteiger partial charge >= 0.3 is 0 Å². The average molecular weight is 336 g/mol. The van der Waals surface area contributed by atoms with Gasteiger partial charge in [0.1, 0.15) is 5.82 Å². The summed E-state index contributed by atoms with van der Waals surface area (Å²) in [5, 5.41) is 0. The molecule has 0 aliphatic rings. The number of hydrogen-bond acceptors (Lipinski definition) is 3. The topological polar surface area (TPSA) is 66.5 Å². The first kappa shape index (κ1) is 17.0. The van der Waals surface area contributed by atoms with Crippen molar-refractivity contribution in [3.8, 4) is 0 Å². The van der Waals surface area contributed by atoms with Crippen LogP contribution in [0.25, 0.3) is 0 Å². The Hall–Kier alpha value is -2.41. The Morgan fingerprint density at radius 3 is 2.26 bits per heavy atom. The lowest BCUT2D eigenvalue weighted by Crippen LogP contribution is -2.22. The fourth-order valence-corrected chi connectivity index (χ4v) is 3.06. The van der Waals surface area contributed by atoms with Crippen LogP contribution in [0.2, 0.25) is 0 Å². The van der Waals surface area contributed by atoms with E-state index < -0.39 is 15.8 Å². The van der Waals surface area contributed by atoms with Crippen molar-refractivity contribution in [3.05, 3.63) is 59.4 Å². The molecule has 5 nitrogen and oxygen atoms in total. The van der Waals surface area contributed by atoms with Crippen LogP contribution < -0.4 is 4.72 Å². The highest BCUT2D eigenvalue weighted by molar-refractivity contribution is 7.92. The van der Waals surface area contributed by atoms with Crippen LogP contribution in [-0.4, -0.2) is 33.3 Å². The Kier molecular flexibility index (Phi) is 4.70. The van der Waals surface area contributed by atoms with Crippen LogP contribution in [0.3, 0.4) is 0 Å². The standard InChI is InChI=1S/C16H17FN2O3S/c1-11-4-5-12(16(20)19(2)3)10-15(11)18-23(21,22)14-8-6-13(17)7-9-14/h4-10,18H,1-3H3. The number of sulfonamides is 1. The third-order valence-corrected chi connectivity index (χ3v) is 4.64. The summed E-state index contributed by atoms with van der Waals surface area (Å²) in [6, 6.07) is 9.30. The number of nitrogens with zero attached hydrogens (tertiary/aromatic N) is 1. The van der Waals surface area contributed by atoms with Gasteiger partial charge in [0.05, 0.1) is 10.6 Å². The predicted molar refractivity (Wildman–Crippen MR) is 86.4 cm³/mol. The van der Waals surface area contributed by atoms with E-state index in [4.69, 9.17) is 0 Å². The lowest BCUT2D eigenvalue weighted by atomic mass is 10.1. The molecule has 0 radical (unpaired) electrons. The van der Waals surface area contributed by atoms with Crippen molar-refractivity contribution < 1.29 is 17.6 Å². The Bertz CT molecular complexity index is 831. The number of hydrogen-bond donors (Lipinski definition) is 1. The molecule has 0 aromatic heterocycles. The van der Waals surface area contributed by atoms with Crippen LogP contribution in [-0.2, 0) is 10.0 Å². The molecule has 2 aromatic carbocycles. The number of halogens is 1. The van der Waals surface area contributed by atoms with E-state index in [1.165, 1.54) is 23.1 Å². The first-order chi connectivity index (χ1) is 10.7. The van der Waals surface area contributed by atoms with Crippen LogP contribution in [0.15, 0.2) is 47.4 Å². The van der Waals surface area contributed by atoms with Gasteiger partial charge in [0.2, 0.25) is 0 Å². The molecule has 0 aliphatic carbocycles. The largest absolute Gasteiger partial charge is 0.345 e. The molecule has 0 saturated heterocycles. The van der Waals surface area contributed by atoms with E-state index in [2.05, 4.69) is 4.72 Å². The lowest BCUT2D eigenvalue weighted by molar-refractivity contribution is 0.0827. The zero-order valence-electron chi connectivity index (χ0n) is 13.0. The van der Waals surface area contributed by atoms with E-state index in [-0.39, 0.29) is 10.8 Å². The van der Waals surface area contributed by atoms with Gasteiger partial charge in [-0.25, -0.2) is 12.8 Å². The lowest BCUT2D eigenvalue weighted by Gasteiger charge is -2.14. The Labute approximate surface area is 134 Å². The molecule has 0 aliphatic heterocycles. The van der Waals surface area contributed by atoms with Gasteiger partial charge in [-0.1, -0.05) is 6.07 Å². The number of rotatable bonds is 4. The Morgan fingerprint density at radius 1 is 1.09 bits per heavy atom. The SMILES string of the molecule is Cc1ccc(C(=O)N(C)C)cc1NS(=O)(=O)c1ccc(F)cc1. The first-order valence-corrected chi connectivity index (χ1v) is 8.30. The summed E-state index contributed by atoms with van der Waals surface area (Å²) >= 11 is 0. The maximum atomic E-state index is 12.9. The maximum Gasteiger partial charge on any atom is 0.261 e. The van der Waals surface area contributed by atoms with Crippen LogP contribution in [0.4, 0.5) is 10.1 Å². The zero-order valence-corrected chi connectivity index (χ0v) is 13.8. The summed E-state index contributed by atoms with van der Waals surface area (Å²) in [5.41, 5.74) is 1.35. The summed E-state index contributed by atoms with van der Waals surface area (Å²) in [7, 11) is -0.626. The fourth-order valence-electron chi connectivity index (χ4n) is 1.94. The van der Waals surface area contributed by atoms with E-state index >= 15 is 0 Å². The summed E-state index contributed by atoms with van der Waals surface area (Å²) in [6.45, 7) is 1.73. The van der Waals surface area contributed by atoms with Crippen LogP contribution in [0, 0.1) is 12.7 Å². The number of carbonyl (C=O) groups excluding carboxylic acids is 1. The molecule has 0 unspecified atom stereocenters. The molecule has 23 heavy (non-hydrogen) atoms. The predicted octanol–water partition coefficient (Wildman–Crippen LogP) is 2.64. The molecule has 2 rings (SSSR count). The van der Waals surface area contributed by atoms with Gasteiger partial charge in [0.15, 0.2) is 0 Å². The fraction of sp³-hybridized carbons (Fsp3) is 0.188. The number of carbonyl (C=O) groups is 1. The van der Waals surface area contributed by atoms with E-state index in [0.717, 1.165) is 12.1 Å². The van der Waals surface area contributed by atoms with E-state index in [0.29, 0.717) is 16.8 Å².